The van der Waals surface area contributed by atoms with Gasteiger partial charge in [0.25, 0.3) is 0 Å². The van der Waals surface area contributed by atoms with Crippen LogP contribution in [0.5, 0.6) is 0 Å². The zero-order chi connectivity index (χ0) is 14.2. The van der Waals surface area contributed by atoms with E-state index in [1.54, 1.807) is 7.11 Å². The molecule has 112 valence electrons. The van der Waals surface area contributed by atoms with Gasteiger partial charge < -0.3 is 15.0 Å². The summed E-state index contributed by atoms with van der Waals surface area (Å²) in [4.78, 5) is 2.53. The van der Waals surface area contributed by atoms with Crippen molar-refractivity contribution in [1.82, 2.24) is 5.32 Å². The fourth-order valence-corrected chi connectivity index (χ4v) is 3.60. The number of ether oxygens (including phenoxy) is 1. The molecule has 0 bridgehead atoms. The van der Waals surface area contributed by atoms with Crippen LogP contribution in [-0.2, 0) is 11.3 Å². The van der Waals surface area contributed by atoms with Gasteiger partial charge in [-0.05, 0) is 29.9 Å². The van der Waals surface area contributed by atoms with Gasteiger partial charge in [0.2, 0.25) is 0 Å². The van der Waals surface area contributed by atoms with Crippen molar-refractivity contribution >= 4 is 33.4 Å². The topological polar surface area (TPSA) is 24.5 Å². The van der Waals surface area contributed by atoms with Gasteiger partial charge in [-0.2, -0.15) is 11.8 Å². The molecule has 1 saturated heterocycles. The lowest BCUT2D eigenvalue weighted by Crippen LogP contribution is -2.28. The van der Waals surface area contributed by atoms with Crippen LogP contribution in [0.25, 0.3) is 0 Å². The zero-order valence-corrected chi connectivity index (χ0v) is 14.4. The van der Waals surface area contributed by atoms with Crippen LogP contribution < -0.4 is 10.2 Å². The highest BCUT2D eigenvalue weighted by Gasteiger charge is 2.14. The Morgan fingerprint density at radius 1 is 1.35 bits per heavy atom. The van der Waals surface area contributed by atoms with Crippen molar-refractivity contribution in [3.05, 3.63) is 28.2 Å². The van der Waals surface area contributed by atoms with Crippen LogP contribution in [0, 0.1) is 0 Å². The van der Waals surface area contributed by atoms with Gasteiger partial charge in [0, 0.05) is 49.2 Å². The smallest absolute Gasteiger partial charge is 0.0587 e. The highest BCUT2D eigenvalue weighted by Crippen LogP contribution is 2.27. The van der Waals surface area contributed by atoms with E-state index in [4.69, 9.17) is 4.74 Å². The molecule has 0 radical (unpaired) electrons. The van der Waals surface area contributed by atoms with E-state index in [0.717, 1.165) is 37.3 Å². The first-order chi connectivity index (χ1) is 9.81. The van der Waals surface area contributed by atoms with E-state index in [0.29, 0.717) is 0 Å². The summed E-state index contributed by atoms with van der Waals surface area (Å²) >= 11 is 5.67. The lowest BCUT2D eigenvalue weighted by molar-refractivity contribution is 0.199. The van der Waals surface area contributed by atoms with Crippen LogP contribution in [-0.4, -0.2) is 44.9 Å². The van der Waals surface area contributed by atoms with Gasteiger partial charge in [-0.1, -0.05) is 22.0 Å². The molecular weight excluding hydrogens is 336 g/mol. The van der Waals surface area contributed by atoms with Crippen molar-refractivity contribution in [2.45, 2.75) is 13.0 Å². The second-order valence-corrected chi connectivity index (χ2v) is 7.04. The summed E-state index contributed by atoms with van der Waals surface area (Å²) in [5.74, 6) is 2.51. The Hall–Kier alpha value is -0.230. The fraction of sp³-hybridized carbons (Fsp3) is 0.600. The third kappa shape index (κ3) is 4.95. The number of methoxy groups -OCH3 is 1. The highest BCUT2D eigenvalue weighted by atomic mass is 79.9. The normalized spacial score (nSPS) is 16.2. The summed E-state index contributed by atoms with van der Waals surface area (Å²) in [5.41, 5.74) is 2.74. The number of anilines is 1. The molecule has 0 atom stereocenters. The number of hydrogen-bond donors (Lipinski definition) is 1. The summed E-state index contributed by atoms with van der Waals surface area (Å²) in [6.07, 6.45) is 1.27. The number of benzene rings is 1. The van der Waals surface area contributed by atoms with E-state index in [1.807, 2.05) is 0 Å². The fourth-order valence-electron chi connectivity index (χ4n) is 2.37. The molecule has 1 N–H and O–H groups in total. The number of rotatable bonds is 6. The standard InChI is InChI=1S/C15H23BrN2OS/c1-19-8-5-17-12-13-3-4-14(16)11-15(13)18-6-2-9-20-10-7-18/h3-4,11,17H,2,5-10,12H2,1H3. The van der Waals surface area contributed by atoms with Gasteiger partial charge >= 0.3 is 0 Å². The summed E-state index contributed by atoms with van der Waals surface area (Å²) in [6, 6.07) is 6.60. The highest BCUT2D eigenvalue weighted by molar-refractivity contribution is 9.10. The Morgan fingerprint density at radius 2 is 2.25 bits per heavy atom. The Bertz CT molecular complexity index is 409. The number of nitrogens with one attached hydrogen (secondary N) is 1. The van der Waals surface area contributed by atoms with Crippen molar-refractivity contribution in [1.29, 1.82) is 0 Å². The van der Waals surface area contributed by atoms with Crippen molar-refractivity contribution < 1.29 is 4.74 Å². The van der Waals surface area contributed by atoms with Crippen LogP contribution >= 0.6 is 27.7 Å². The molecule has 1 aromatic rings. The van der Waals surface area contributed by atoms with Gasteiger partial charge in [0.1, 0.15) is 0 Å². The van der Waals surface area contributed by atoms with E-state index in [1.165, 1.54) is 29.2 Å². The Morgan fingerprint density at radius 3 is 3.10 bits per heavy atom. The molecular formula is C15H23BrN2OS. The third-order valence-corrected chi connectivity index (χ3v) is 4.95. The van der Waals surface area contributed by atoms with Gasteiger partial charge in [0.15, 0.2) is 0 Å². The molecule has 1 fully saturated rings. The average molecular weight is 359 g/mol. The Kier molecular flexibility index (Phi) is 7.21. The van der Waals surface area contributed by atoms with Crippen LogP contribution in [0.15, 0.2) is 22.7 Å². The molecule has 0 aromatic heterocycles. The van der Waals surface area contributed by atoms with Gasteiger partial charge in [-0.25, -0.2) is 0 Å². The van der Waals surface area contributed by atoms with E-state index < -0.39 is 0 Å². The van der Waals surface area contributed by atoms with E-state index in [-0.39, 0.29) is 0 Å². The first-order valence-electron chi connectivity index (χ1n) is 7.12. The zero-order valence-electron chi connectivity index (χ0n) is 12.0. The lowest BCUT2D eigenvalue weighted by atomic mass is 10.1. The minimum absolute atomic E-state index is 0.756. The first-order valence-corrected chi connectivity index (χ1v) is 9.07. The van der Waals surface area contributed by atoms with E-state index in [9.17, 15) is 0 Å². The van der Waals surface area contributed by atoms with E-state index in [2.05, 4.69) is 56.1 Å². The molecule has 0 amide bonds. The summed E-state index contributed by atoms with van der Waals surface area (Å²) < 4.78 is 6.24. The maximum atomic E-state index is 5.08. The van der Waals surface area contributed by atoms with Crippen molar-refractivity contribution in [3.63, 3.8) is 0 Å². The minimum atomic E-state index is 0.756. The van der Waals surface area contributed by atoms with Crippen molar-refractivity contribution in [3.8, 4) is 0 Å². The SMILES string of the molecule is COCCNCc1ccc(Br)cc1N1CCCSCC1. The molecule has 1 heterocycles. The van der Waals surface area contributed by atoms with Crippen LogP contribution in [0.2, 0.25) is 0 Å². The van der Waals surface area contributed by atoms with Crippen LogP contribution in [0.4, 0.5) is 5.69 Å². The second-order valence-electron chi connectivity index (χ2n) is 4.90. The molecule has 0 aliphatic carbocycles. The number of nitrogens with zero attached hydrogens (tertiary/aromatic N) is 1. The molecule has 1 aliphatic heterocycles. The molecule has 2 rings (SSSR count). The summed E-state index contributed by atoms with van der Waals surface area (Å²) in [7, 11) is 1.74. The molecule has 5 heteroatoms. The van der Waals surface area contributed by atoms with Gasteiger partial charge in [0.05, 0.1) is 6.61 Å². The van der Waals surface area contributed by atoms with Crippen LogP contribution in [0.3, 0.4) is 0 Å². The molecule has 0 saturated carbocycles. The summed E-state index contributed by atoms with van der Waals surface area (Å²) in [5, 5.41) is 3.44. The first kappa shape index (κ1) is 16.1. The molecule has 20 heavy (non-hydrogen) atoms. The monoisotopic (exact) mass is 358 g/mol. The molecule has 0 spiro atoms. The predicted octanol–water partition coefficient (Wildman–Crippen LogP) is 3.13. The van der Waals surface area contributed by atoms with E-state index >= 15 is 0 Å². The predicted molar refractivity (Wildman–Crippen MR) is 91.9 cm³/mol. The number of halogens is 1. The van der Waals surface area contributed by atoms with Crippen LogP contribution in [0.1, 0.15) is 12.0 Å². The molecule has 0 unspecified atom stereocenters. The Balaban J connectivity index is 2.06. The number of thioether (sulfide) groups is 1. The lowest BCUT2D eigenvalue weighted by Gasteiger charge is -2.25. The second kappa shape index (κ2) is 8.93. The molecule has 1 aromatic carbocycles. The van der Waals surface area contributed by atoms with Crippen molar-refractivity contribution in [2.24, 2.45) is 0 Å². The van der Waals surface area contributed by atoms with Crippen molar-refractivity contribution in [2.75, 3.05) is 49.8 Å². The molecule has 1 aliphatic rings. The average Bonchev–Trinajstić information content (AvgIpc) is 2.74. The van der Waals surface area contributed by atoms with Gasteiger partial charge in [-0.15, -0.1) is 0 Å². The Labute approximate surface area is 134 Å². The van der Waals surface area contributed by atoms with Gasteiger partial charge in [-0.3, -0.25) is 0 Å². The summed E-state index contributed by atoms with van der Waals surface area (Å²) in [6.45, 7) is 4.85. The maximum Gasteiger partial charge on any atom is 0.0587 e. The largest absolute Gasteiger partial charge is 0.383 e. The number of hydrogen-bond acceptors (Lipinski definition) is 4. The third-order valence-electron chi connectivity index (χ3n) is 3.41. The maximum absolute atomic E-state index is 5.08. The molecule has 3 nitrogen and oxygen atoms in total. The quantitative estimate of drug-likeness (QED) is 0.789. The minimum Gasteiger partial charge on any atom is -0.383 e.